The van der Waals surface area contributed by atoms with Crippen molar-refractivity contribution < 1.29 is 4.74 Å². The average Bonchev–Trinajstić information content (AvgIpc) is 2.65. The van der Waals surface area contributed by atoms with Crippen LogP contribution < -0.4 is 4.74 Å². The van der Waals surface area contributed by atoms with Gasteiger partial charge in [0, 0.05) is 13.2 Å². The van der Waals surface area contributed by atoms with Crippen LogP contribution in [0.15, 0.2) is 24.7 Å². The third-order valence-corrected chi connectivity index (χ3v) is 1.66. The topological polar surface area (TPSA) is 76.6 Å². The predicted octanol–water partition coefficient (Wildman–Crippen LogP) is 0.874. The highest BCUT2D eigenvalue weighted by atomic mass is 16.5. The molecule has 0 spiro atoms. The van der Waals surface area contributed by atoms with Crippen molar-refractivity contribution in [1.29, 1.82) is 5.26 Å². The molecular weight excluding hydrogens is 194 g/mol. The molecule has 2 aromatic rings. The number of aromatic nitrogens is 4. The molecule has 0 aliphatic carbocycles. The standard InChI is InChI=1S/C9H7N5O/c1-14-6-12-9(13-14)15-8-7(5-10)3-2-4-11-8/h2-4,6H,1H3. The number of hydrogen-bond donors (Lipinski definition) is 0. The van der Waals surface area contributed by atoms with Gasteiger partial charge in [0.1, 0.15) is 18.0 Å². The van der Waals surface area contributed by atoms with E-state index in [2.05, 4.69) is 15.1 Å². The summed E-state index contributed by atoms with van der Waals surface area (Å²) in [5.74, 6) is 0.214. The molecule has 0 unspecified atom stereocenters. The Hall–Kier alpha value is -2.42. The van der Waals surface area contributed by atoms with Crippen molar-refractivity contribution >= 4 is 0 Å². The lowest BCUT2D eigenvalue weighted by atomic mass is 10.3. The molecule has 0 amide bonds. The molecule has 6 heteroatoms. The smallest absolute Gasteiger partial charge is 0.342 e. The van der Waals surface area contributed by atoms with Crippen molar-refractivity contribution in [3.63, 3.8) is 0 Å². The Bertz CT molecular complexity index is 513. The van der Waals surface area contributed by atoms with Crippen LogP contribution in [0.3, 0.4) is 0 Å². The van der Waals surface area contributed by atoms with Crippen LogP contribution in [0.2, 0.25) is 0 Å². The lowest BCUT2D eigenvalue weighted by Crippen LogP contribution is -1.94. The van der Waals surface area contributed by atoms with E-state index in [9.17, 15) is 0 Å². The normalized spacial score (nSPS) is 9.60. The van der Waals surface area contributed by atoms with Gasteiger partial charge in [-0.05, 0) is 12.1 Å². The summed E-state index contributed by atoms with van der Waals surface area (Å²) in [6.45, 7) is 0. The van der Waals surface area contributed by atoms with Crippen LogP contribution in [0.5, 0.6) is 11.9 Å². The second-order valence-corrected chi connectivity index (χ2v) is 2.77. The molecule has 2 rings (SSSR count). The number of hydrogen-bond acceptors (Lipinski definition) is 5. The summed E-state index contributed by atoms with van der Waals surface area (Å²) in [5, 5.41) is 12.7. The van der Waals surface area contributed by atoms with E-state index in [0.29, 0.717) is 5.56 Å². The summed E-state index contributed by atoms with van der Waals surface area (Å²) in [7, 11) is 1.73. The van der Waals surface area contributed by atoms with Crippen molar-refractivity contribution in [3.8, 4) is 18.0 Å². The maximum absolute atomic E-state index is 8.79. The first-order valence-corrected chi connectivity index (χ1v) is 4.18. The van der Waals surface area contributed by atoms with Gasteiger partial charge in [-0.2, -0.15) is 10.2 Å². The number of nitriles is 1. The lowest BCUT2D eigenvalue weighted by molar-refractivity contribution is 0.421. The predicted molar refractivity (Wildman–Crippen MR) is 50.0 cm³/mol. The van der Waals surface area contributed by atoms with Gasteiger partial charge >= 0.3 is 6.01 Å². The van der Waals surface area contributed by atoms with Crippen molar-refractivity contribution in [2.45, 2.75) is 0 Å². The summed E-state index contributed by atoms with van der Waals surface area (Å²) < 4.78 is 6.75. The van der Waals surface area contributed by atoms with Gasteiger partial charge in [-0.15, -0.1) is 5.10 Å². The van der Waals surface area contributed by atoms with E-state index in [1.165, 1.54) is 11.0 Å². The minimum Gasteiger partial charge on any atom is -0.403 e. The van der Waals surface area contributed by atoms with Gasteiger partial charge in [0.05, 0.1) is 0 Å². The number of ether oxygens (including phenoxy) is 1. The highest BCUT2D eigenvalue weighted by Gasteiger charge is 2.07. The summed E-state index contributed by atoms with van der Waals surface area (Å²) in [6, 6.07) is 5.43. The van der Waals surface area contributed by atoms with E-state index in [4.69, 9.17) is 10.00 Å². The molecule has 0 aromatic carbocycles. The van der Waals surface area contributed by atoms with Crippen molar-refractivity contribution in [1.82, 2.24) is 19.7 Å². The minimum absolute atomic E-state index is 0.174. The van der Waals surface area contributed by atoms with E-state index in [1.807, 2.05) is 6.07 Å². The molecule has 2 heterocycles. The molecule has 0 aliphatic rings. The molecule has 74 valence electrons. The Morgan fingerprint density at radius 3 is 3.00 bits per heavy atom. The van der Waals surface area contributed by atoms with Crippen molar-refractivity contribution in [2.75, 3.05) is 0 Å². The van der Waals surface area contributed by atoms with Gasteiger partial charge in [0.15, 0.2) is 0 Å². The molecule has 0 radical (unpaired) electrons. The first-order valence-electron chi connectivity index (χ1n) is 4.18. The quantitative estimate of drug-likeness (QED) is 0.720. The van der Waals surface area contributed by atoms with E-state index in [-0.39, 0.29) is 11.9 Å². The summed E-state index contributed by atoms with van der Waals surface area (Å²) in [6.07, 6.45) is 3.05. The van der Waals surface area contributed by atoms with Crippen molar-refractivity contribution in [2.24, 2.45) is 7.05 Å². The van der Waals surface area contributed by atoms with Crippen molar-refractivity contribution in [3.05, 3.63) is 30.2 Å². The summed E-state index contributed by atoms with van der Waals surface area (Å²) in [4.78, 5) is 7.79. The summed E-state index contributed by atoms with van der Waals surface area (Å²) >= 11 is 0. The molecule has 0 aliphatic heterocycles. The molecular formula is C9H7N5O. The number of nitrogens with zero attached hydrogens (tertiary/aromatic N) is 5. The van der Waals surface area contributed by atoms with Crippen LogP contribution in [0.25, 0.3) is 0 Å². The van der Waals surface area contributed by atoms with Crippen LogP contribution in [0.1, 0.15) is 5.56 Å². The van der Waals surface area contributed by atoms with E-state index in [0.717, 1.165) is 0 Å². The zero-order valence-electron chi connectivity index (χ0n) is 7.95. The number of rotatable bonds is 2. The van der Waals surface area contributed by atoms with Gasteiger partial charge in [-0.3, -0.25) is 4.68 Å². The maximum Gasteiger partial charge on any atom is 0.342 e. The third-order valence-electron chi connectivity index (χ3n) is 1.66. The molecule has 0 atom stereocenters. The molecule has 0 N–H and O–H groups in total. The number of aryl methyl sites for hydroxylation is 1. The van der Waals surface area contributed by atoms with Crippen LogP contribution >= 0.6 is 0 Å². The molecule has 0 saturated carbocycles. The molecule has 0 bridgehead atoms. The second-order valence-electron chi connectivity index (χ2n) is 2.77. The molecule has 0 saturated heterocycles. The minimum atomic E-state index is 0.174. The first-order chi connectivity index (χ1) is 7.29. The van der Waals surface area contributed by atoms with Crippen LogP contribution in [0, 0.1) is 11.3 Å². The molecule has 2 aromatic heterocycles. The first kappa shape index (κ1) is 9.15. The summed E-state index contributed by atoms with van der Waals surface area (Å²) in [5.41, 5.74) is 0.352. The van der Waals surface area contributed by atoms with Gasteiger partial charge in [0.25, 0.3) is 0 Å². The van der Waals surface area contributed by atoms with Crippen LogP contribution in [-0.2, 0) is 7.05 Å². The average molecular weight is 201 g/mol. The van der Waals surface area contributed by atoms with E-state index >= 15 is 0 Å². The number of pyridine rings is 1. The Morgan fingerprint density at radius 1 is 1.47 bits per heavy atom. The zero-order valence-corrected chi connectivity index (χ0v) is 7.95. The Labute approximate surface area is 85.8 Å². The maximum atomic E-state index is 8.79. The fraction of sp³-hybridized carbons (Fsp3) is 0.111. The monoisotopic (exact) mass is 201 g/mol. The zero-order chi connectivity index (χ0) is 10.7. The Morgan fingerprint density at radius 2 is 2.33 bits per heavy atom. The van der Waals surface area contributed by atoms with Crippen LogP contribution in [-0.4, -0.2) is 19.7 Å². The molecule has 15 heavy (non-hydrogen) atoms. The van der Waals surface area contributed by atoms with Crippen LogP contribution in [0.4, 0.5) is 0 Å². The Balaban J connectivity index is 2.28. The van der Waals surface area contributed by atoms with E-state index < -0.39 is 0 Å². The molecule has 0 fully saturated rings. The fourth-order valence-corrected chi connectivity index (χ4v) is 1.01. The largest absolute Gasteiger partial charge is 0.403 e. The third kappa shape index (κ3) is 1.91. The van der Waals surface area contributed by atoms with Gasteiger partial charge in [-0.25, -0.2) is 4.98 Å². The fourth-order valence-electron chi connectivity index (χ4n) is 1.01. The van der Waals surface area contributed by atoms with Gasteiger partial charge in [-0.1, -0.05) is 0 Å². The lowest BCUT2D eigenvalue weighted by Gasteiger charge is -1.99. The highest BCUT2D eigenvalue weighted by molar-refractivity contribution is 5.38. The van der Waals surface area contributed by atoms with E-state index in [1.54, 1.807) is 25.4 Å². The highest BCUT2D eigenvalue weighted by Crippen LogP contribution is 2.17. The SMILES string of the molecule is Cn1cnc(Oc2ncccc2C#N)n1. The van der Waals surface area contributed by atoms with Gasteiger partial charge < -0.3 is 4.74 Å². The Kier molecular flexibility index (Phi) is 2.29. The second kappa shape index (κ2) is 3.75. The molecule has 6 nitrogen and oxygen atoms in total. The van der Waals surface area contributed by atoms with Gasteiger partial charge in [0.2, 0.25) is 5.88 Å².